The Morgan fingerprint density at radius 2 is 0.581 bits per heavy atom. The minimum atomic E-state index is 1.14. The number of rotatable bonds is 7. The number of fused-ring (bicyclic) bond motifs is 6. The summed E-state index contributed by atoms with van der Waals surface area (Å²) in [6.45, 7) is 0. The number of hydrogen-bond acceptors (Lipinski definition) is 1. The molecule has 0 aliphatic carbocycles. The Kier molecular flexibility index (Phi) is 8.76. The molecule has 2 heteroatoms. The van der Waals surface area contributed by atoms with E-state index in [9.17, 15) is 0 Å². The Labute approximate surface area is 365 Å². The molecule has 2 heterocycles. The first kappa shape index (κ1) is 36.1. The van der Waals surface area contributed by atoms with Gasteiger partial charge in [-0.2, -0.15) is 0 Å². The summed E-state index contributed by atoms with van der Waals surface area (Å²) in [5.74, 6) is 0. The van der Waals surface area contributed by atoms with Gasteiger partial charge in [0.25, 0.3) is 0 Å². The number of hydrogen-bond donors (Lipinski definition) is 0. The van der Waals surface area contributed by atoms with Gasteiger partial charge in [-0.05, 0) is 133 Å². The molecule has 12 aromatic rings. The van der Waals surface area contributed by atoms with E-state index in [1.165, 1.54) is 109 Å². The molecule has 0 saturated heterocycles. The Morgan fingerprint density at radius 3 is 1.15 bits per heavy atom. The first-order valence-corrected chi connectivity index (χ1v) is 22.0. The molecule has 0 bridgehead atoms. The molecule has 2 aromatic heterocycles. The van der Waals surface area contributed by atoms with Crippen LogP contribution in [0, 0.1) is 0 Å². The van der Waals surface area contributed by atoms with Gasteiger partial charge < -0.3 is 4.57 Å². The molecule has 0 N–H and O–H groups in total. The summed E-state index contributed by atoms with van der Waals surface area (Å²) in [4.78, 5) is 0. The number of nitrogens with zero attached hydrogens (tertiary/aromatic N) is 1. The second-order valence-corrected chi connectivity index (χ2v) is 17.2. The van der Waals surface area contributed by atoms with Crippen LogP contribution < -0.4 is 0 Å². The normalized spacial score (nSPS) is 11.5. The zero-order valence-corrected chi connectivity index (χ0v) is 34.7. The monoisotopic (exact) mass is 805 g/mol. The quantitative estimate of drug-likeness (QED) is 0.151. The van der Waals surface area contributed by atoms with Crippen molar-refractivity contribution in [2.24, 2.45) is 0 Å². The van der Waals surface area contributed by atoms with Crippen LogP contribution in [0.3, 0.4) is 0 Å². The predicted molar refractivity (Wildman–Crippen MR) is 266 cm³/mol. The van der Waals surface area contributed by atoms with Crippen molar-refractivity contribution >= 4 is 53.3 Å². The van der Waals surface area contributed by atoms with E-state index in [2.05, 4.69) is 241 Å². The number of thiophene rings is 1. The first-order valence-electron chi connectivity index (χ1n) is 21.2. The van der Waals surface area contributed by atoms with Crippen LogP contribution in [0.5, 0.6) is 0 Å². The van der Waals surface area contributed by atoms with Crippen molar-refractivity contribution in [2.75, 3.05) is 0 Å². The Bertz CT molecular complexity index is 3450. The van der Waals surface area contributed by atoms with E-state index in [4.69, 9.17) is 0 Å². The summed E-state index contributed by atoms with van der Waals surface area (Å²) in [6, 6.07) is 86.7. The van der Waals surface area contributed by atoms with E-state index in [1.54, 1.807) is 0 Å². The summed E-state index contributed by atoms with van der Waals surface area (Å²) in [5.41, 5.74) is 18.1. The lowest BCUT2D eigenvalue weighted by molar-refractivity contribution is 1.18. The van der Waals surface area contributed by atoms with Gasteiger partial charge in [-0.15, -0.1) is 11.3 Å². The zero-order chi connectivity index (χ0) is 41.0. The zero-order valence-electron chi connectivity index (χ0n) is 33.9. The fourth-order valence-corrected chi connectivity index (χ4v) is 10.3. The molecular formula is C60H39NS. The Balaban J connectivity index is 0.931. The van der Waals surface area contributed by atoms with Gasteiger partial charge in [-0.25, -0.2) is 0 Å². The number of aromatic nitrogens is 1. The van der Waals surface area contributed by atoms with E-state index < -0.39 is 0 Å². The standard InChI is InChI=1S/C60H39NS/c1-3-11-40(12-4-1)45-15-9-17-47(35-45)50-27-32-57-54(37-50)55-38-51(48-18-10-16-46(36-48)41-13-5-2-6-14-41)28-33-58(55)61(57)52-30-25-43(26-31-52)42-21-23-44(24-22-42)49-29-34-60-56(39-49)53-19-7-8-20-59(53)62-60/h1-39H. The van der Waals surface area contributed by atoms with Crippen LogP contribution in [-0.4, -0.2) is 4.57 Å². The molecule has 290 valence electrons. The van der Waals surface area contributed by atoms with Gasteiger partial charge in [0.05, 0.1) is 11.0 Å². The molecular weight excluding hydrogens is 767 g/mol. The van der Waals surface area contributed by atoms with Gasteiger partial charge in [-0.1, -0.05) is 170 Å². The van der Waals surface area contributed by atoms with E-state index in [0.29, 0.717) is 0 Å². The van der Waals surface area contributed by atoms with Crippen molar-refractivity contribution < 1.29 is 0 Å². The van der Waals surface area contributed by atoms with Crippen molar-refractivity contribution in [3.63, 3.8) is 0 Å². The molecule has 62 heavy (non-hydrogen) atoms. The molecule has 12 rings (SSSR count). The molecule has 0 radical (unpaired) electrons. The first-order chi connectivity index (χ1) is 30.7. The second kappa shape index (κ2) is 15.0. The lowest BCUT2D eigenvalue weighted by atomic mass is 9.96. The van der Waals surface area contributed by atoms with Crippen molar-refractivity contribution in [1.82, 2.24) is 4.57 Å². The van der Waals surface area contributed by atoms with E-state index in [0.717, 1.165) is 5.69 Å². The van der Waals surface area contributed by atoms with Crippen LogP contribution in [0.25, 0.3) is 114 Å². The lowest BCUT2D eigenvalue weighted by Gasteiger charge is -2.11. The summed E-state index contributed by atoms with van der Waals surface area (Å²) in [7, 11) is 0. The molecule has 0 amide bonds. The third kappa shape index (κ3) is 6.41. The van der Waals surface area contributed by atoms with Crippen LogP contribution in [0.2, 0.25) is 0 Å². The SMILES string of the molecule is c1ccc(-c2cccc(-c3ccc4c(c3)c3cc(-c5cccc(-c6ccccc6)c5)ccc3n4-c3ccc(-c4ccc(-c5ccc6sc7ccccc7c6c5)cc4)cc3)c2)cc1. The van der Waals surface area contributed by atoms with Gasteiger partial charge in [0.15, 0.2) is 0 Å². The second-order valence-electron chi connectivity index (χ2n) is 16.1. The highest BCUT2D eigenvalue weighted by Crippen LogP contribution is 2.40. The predicted octanol–water partition coefficient (Wildman–Crippen LogP) is 17.2. The molecule has 0 fully saturated rings. The smallest absolute Gasteiger partial charge is 0.0541 e. The van der Waals surface area contributed by atoms with Crippen LogP contribution in [0.1, 0.15) is 0 Å². The average molecular weight is 806 g/mol. The maximum atomic E-state index is 2.43. The van der Waals surface area contributed by atoms with Crippen molar-refractivity contribution in [2.45, 2.75) is 0 Å². The van der Waals surface area contributed by atoms with Gasteiger partial charge in [0.1, 0.15) is 0 Å². The van der Waals surface area contributed by atoms with E-state index in [-0.39, 0.29) is 0 Å². The Morgan fingerprint density at radius 1 is 0.226 bits per heavy atom. The molecule has 10 aromatic carbocycles. The lowest BCUT2D eigenvalue weighted by Crippen LogP contribution is -1.94. The molecule has 0 aliphatic heterocycles. The topological polar surface area (TPSA) is 4.93 Å². The van der Waals surface area contributed by atoms with Gasteiger partial charge in [0, 0.05) is 36.6 Å². The summed E-state index contributed by atoms with van der Waals surface area (Å²) in [6.07, 6.45) is 0. The molecule has 0 aliphatic rings. The van der Waals surface area contributed by atoms with Crippen LogP contribution >= 0.6 is 11.3 Å². The largest absolute Gasteiger partial charge is 0.309 e. The highest BCUT2D eigenvalue weighted by molar-refractivity contribution is 7.25. The van der Waals surface area contributed by atoms with Crippen LogP contribution in [0.15, 0.2) is 237 Å². The van der Waals surface area contributed by atoms with Gasteiger partial charge >= 0.3 is 0 Å². The van der Waals surface area contributed by atoms with Crippen molar-refractivity contribution in [3.05, 3.63) is 237 Å². The highest BCUT2D eigenvalue weighted by atomic mass is 32.1. The highest BCUT2D eigenvalue weighted by Gasteiger charge is 2.16. The molecule has 0 spiro atoms. The van der Waals surface area contributed by atoms with Crippen molar-refractivity contribution in [3.8, 4) is 72.4 Å². The van der Waals surface area contributed by atoms with Crippen LogP contribution in [0.4, 0.5) is 0 Å². The summed E-state index contributed by atoms with van der Waals surface area (Å²) >= 11 is 1.86. The fourth-order valence-electron chi connectivity index (χ4n) is 9.24. The molecule has 0 atom stereocenters. The van der Waals surface area contributed by atoms with E-state index in [1.807, 2.05) is 11.3 Å². The summed E-state index contributed by atoms with van der Waals surface area (Å²) < 4.78 is 5.09. The molecule has 0 unspecified atom stereocenters. The third-order valence-electron chi connectivity index (χ3n) is 12.4. The number of benzene rings is 10. The molecule has 0 saturated carbocycles. The maximum Gasteiger partial charge on any atom is 0.0541 e. The Hall–Kier alpha value is -7.78. The van der Waals surface area contributed by atoms with Gasteiger partial charge in [-0.3, -0.25) is 0 Å². The third-order valence-corrected chi connectivity index (χ3v) is 13.6. The van der Waals surface area contributed by atoms with Gasteiger partial charge in [0.2, 0.25) is 0 Å². The maximum absolute atomic E-state index is 2.43. The van der Waals surface area contributed by atoms with Crippen molar-refractivity contribution in [1.29, 1.82) is 0 Å². The van der Waals surface area contributed by atoms with E-state index >= 15 is 0 Å². The fraction of sp³-hybridized carbons (Fsp3) is 0. The minimum Gasteiger partial charge on any atom is -0.309 e. The minimum absolute atomic E-state index is 1.14. The average Bonchev–Trinajstić information content (AvgIpc) is 3.89. The van der Waals surface area contributed by atoms with Crippen LogP contribution in [-0.2, 0) is 0 Å². The summed E-state index contributed by atoms with van der Waals surface area (Å²) in [5, 5.41) is 5.13. The molecule has 1 nitrogen and oxygen atoms in total.